The van der Waals surface area contributed by atoms with E-state index in [0.717, 1.165) is 16.6 Å². The Bertz CT molecular complexity index is 502. The molecule has 1 aromatic heterocycles. The molecule has 86 valence electrons. The number of rotatable bonds is 3. The number of H-pyrrole nitrogens is 1. The predicted octanol–water partition coefficient (Wildman–Crippen LogP) is 3.85. The molecule has 0 aliphatic heterocycles. The molecule has 1 aromatic carbocycles. The molecule has 3 heteroatoms. The minimum atomic E-state index is 0.117. The van der Waals surface area contributed by atoms with E-state index in [-0.39, 0.29) is 5.41 Å². The molecular weight excluding hydrogens is 266 g/mol. The van der Waals surface area contributed by atoms with Crippen molar-refractivity contribution in [3.05, 3.63) is 30.0 Å². The SMILES string of the molecule is COc1ccc2cc(C(C)(C)CBr)[nH]c2c1. The van der Waals surface area contributed by atoms with Gasteiger partial charge in [-0.15, -0.1) is 0 Å². The van der Waals surface area contributed by atoms with E-state index in [0.29, 0.717) is 0 Å². The summed E-state index contributed by atoms with van der Waals surface area (Å²) in [5.74, 6) is 0.887. The Hall–Kier alpha value is -0.960. The van der Waals surface area contributed by atoms with Gasteiger partial charge in [0.1, 0.15) is 5.75 Å². The summed E-state index contributed by atoms with van der Waals surface area (Å²) in [5, 5.41) is 2.16. The quantitative estimate of drug-likeness (QED) is 0.850. The van der Waals surface area contributed by atoms with E-state index < -0.39 is 0 Å². The Balaban J connectivity index is 2.52. The van der Waals surface area contributed by atoms with Gasteiger partial charge in [-0.2, -0.15) is 0 Å². The molecule has 0 radical (unpaired) electrons. The van der Waals surface area contributed by atoms with Crippen molar-refractivity contribution in [1.82, 2.24) is 4.98 Å². The second kappa shape index (κ2) is 4.13. The van der Waals surface area contributed by atoms with E-state index in [2.05, 4.69) is 46.9 Å². The van der Waals surface area contributed by atoms with Crippen LogP contribution in [0.2, 0.25) is 0 Å². The molecule has 0 fully saturated rings. The number of aromatic nitrogens is 1. The van der Waals surface area contributed by atoms with Gasteiger partial charge in [0.15, 0.2) is 0 Å². The summed E-state index contributed by atoms with van der Waals surface area (Å²) in [5.41, 5.74) is 2.49. The molecule has 2 nitrogen and oxygen atoms in total. The highest BCUT2D eigenvalue weighted by Crippen LogP contribution is 2.29. The van der Waals surface area contributed by atoms with Crippen molar-refractivity contribution in [3.63, 3.8) is 0 Å². The molecule has 16 heavy (non-hydrogen) atoms. The third-order valence-electron chi connectivity index (χ3n) is 2.89. The topological polar surface area (TPSA) is 25.0 Å². The second-order valence-corrected chi connectivity index (χ2v) is 5.21. The number of benzene rings is 1. The number of nitrogens with one attached hydrogen (secondary N) is 1. The van der Waals surface area contributed by atoms with Crippen LogP contribution in [0, 0.1) is 0 Å². The maximum absolute atomic E-state index is 5.21. The van der Waals surface area contributed by atoms with E-state index in [1.54, 1.807) is 7.11 Å². The van der Waals surface area contributed by atoms with Crippen molar-refractivity contribution in [2.45, 2.75) is 19.3 Å². The van der Waals surface area contributed by atoms with Gasteiger partial charge < -0.3 is 9.72 Å². The highest BCUT2D eigenvalue weighted by Gasteiger charge is 2.21. The first kappa shape index (κ1) is 11.5. The lowest BCUT2D eigenvalue weighted by atomic mass is 9.92. The molecule has 0 saturated carbocycles. The van der Waals surface area contributed by atoms with E-state index in [9.17, 15) is 0 Å². The van der Waals surface area contributed by atoms with Gasteiger partial charge in [0.25, 0.3) is 0 Å². The van der Waals surface area contributed by atoms with Crippen molar-refractivity contribution < 1.29 is 4.74 Å². The molecule has 0 aliphatic rings. The molecule has 0 saturated heterocycles. The second-order valence-electron chi connectivity index (χ2n) is 4.65. The molecule has 0 unspecified atom stereocenters. The summed E-state index contributed by atoms with van der Waals surface area (Å²) in [7, 11) is 1.69. The van der Waals surface area contributed by atoms with E-state index in [1.165, 1.54) is 11.1 Å². The Labute approximate surface area is 104 Å². The van der Waals surface area contributed by atoms with Crippen LogP contribution < -0.4 is 4.74 Å². The Kier molecular flexibility index (Phi) is 2.98. The molecule has 0 bridgehead atoms. The number of hydrogen-bond acceptors (Lipinski definition) is 1. The molecule has 0 atom stereocenters. The van der Waals surface area contributed by atoms with Crippen LogP contribution in [0.5, 0.6) is 5.75 Å². The molecular formula is C13H16BrNO. The lowest BCUT2D eigenvalue weighted by Crippen LogP contribution is -2.18. The first-order valence-electron chi connectivity index (χ1n) is 5.30. The van der Waals surface area contributed by atoms with Crippen LogP contribution in [0.25, 0.3) is 10.9 Å². The Morgan fingerprint density at radius 1 is 1.31 bits per heavy atom. The fourth-order valence-electron chi connectivity index (χ4n) is 1.67. The molecule has 2 rings (SSSR count). The highest BCUT2D eigenvalue weighted by atomic mass is 79.9. The van der Waals surface area contributed by atoms with Crippen LogP contribution in [0.3, 0.4) is 0 Å². The maximum atomic E-state index is 5.21. The highest BCUT2D eigenvalue weighted by molar-refractivity contribution is 9.09. The smallest absolute Gasteiger partial charge is 0.120 e. The number of alkyl halides is 1. The largest absolute Gasteiger partial charge is 0.497 e. The lowest BCUT2D eigenvalue weighted by Gasteiger charge is -2.19. The van der Waals surface area contributed by atoms with E-state index in [4.69, 9.17) is 4.74 Å². The van der Waals surface area contributed by atoms with Gasteiger partial charge in [0, 0.05) is 28.0 Å². The zero-order valence-corrected chi connectivity index (χ0v) is 11.4. The van der Waals surface area contributed by atoms with Crippen molar-refractivity contribution in [2.24, 2.45) is 0 Å². The minimum Gasteiger partial charge on any atom is -0.497 e. The number of methoxy groups -OCH3 is 1. The zero-order valence-electron chi connectivity index (χ0n) is 9.80. The fraction of sp³-hybridized carbons (Fsp3) is 0.385. The molecule has 0 aliphatic carbocycles. The minimum absolute atomic E-state index is 0.117. The van der Waals surface area contributed by atoms with Crippen molar-refractivity contribution in [2.75, 3.05) is 12.4 Å². The van der Waals surface area contributed by atoms with Gasteiger partial charge in [-0.25, -0.2) is 0 Å². The summed E-state index contributed by atoms with van der Waals surface area (Å²) < 4.78 is 5.21. The van der Waals surface area contributed by atoms with Gasteiger partial charge in [-0.1, -0.05) is 29.8 Å². The average molecular weight is 282 g/mol. The monoisotopic (exact) mass is 281 g/mol. The first-order valence-corrected chi connectivity index (χ1v) is 6.42. The summed E-state index contributed by atoms with van der Waals surface area (Å²) in [6.07, 6.45) is 0. The number of hydrogen-bond donors (Lipinski definition) is 1. The Morgan fingerprint density at radius 2 is 2.06 bits per heavy atom. The Morgan fingerprint density at radius 3 is 2.69 bits per heavy atom. The zero-order chi connectivity index (χ0) is 11.8. The lowest BCUT2D eigenvalue weighted by molar-refractivity contribution is 0.415. The number of aromatic amines is 1. The molecule has 1 N–H and O–H groups in total. The molecule has 0 amide bonds. The number of fused-ring (bicyclic) bond motifs is 1. The van der Waals surface area contributed by atoms with Crippen LogP contribution >= 0.6 is 15.9 Å². The van der Waals surface area contributed by atoms with E-state index in [1.807, 2.05) is 12.1 Å². The maximum Gasteiger partial charge on any atom is 0.120 e. The molecule has 0 spiro atoms. The summed E-state index contributed by atoms with van der Waals surface area (Å²) in [4.78, 5) is 3.45. The molecule has 2 aromatic rings. The van der Waals surface area contributed by atoms with Crippen LogP contribution in [0.4, 0.5) is 0 Å². The van der Waals surface area contributed by atoms with Crippen LogP contribution in [-0.4, -0.2) is 17.4 Å². The normalized spacial score (nSPS) is 12.0. The molecule has 1 heterocycles. The standard InChI is InChI=1S/C13H16BrNO/c1-13(2,8-14)12-6-9-4-5-10(16-3)7-11(9)15-12/h4-7,15H,8H2,1-3H3. The van der Waals surface area contributed by atoms with Gasteiger partial charge in [-0.3, -0.25) is 0 Å². The van der Waals surface area contributed by atoms with Crippen LogP contribution in [0.1, 0.15) is 19.5 Å². The fourth-order valence-corrected chi connectivity index (χ4v) is 1.97. The van der Waals surface area contributed by atoms with Crippen molar-refractivity contribution in [3.8, 4) is 5.75 Å². The first-order chi connectivity index (χ1) is 7.56. The van der Waals surface area contributed by atoms with Crippen molar-refractivity contribution >= 4 is 26.8 Å². The van der Waals surface area contributed by atoms with Gasteiger partial charge in [0.2, 0.25) is 0 Å². The van der Waals surface area contributed by atoms with Crippen LogP contribution in [0.15, 0.2) is 24.3 Å². The summed E-state index contributed by atoms with van der Waals surface area (Å²) in [6.45, 7) is 4.42. The average Bonchev–Trinajstić information content (AvgIpc) is 2.72. The number of ether oxygens (including phenoxy) is 1. The van der Waals surface area contributed by atoms with Crippen molar-refractivity contribution in [1.29, 1.82) is 0 Å². The van der Waals surface area contributed by atoms with Crippen LogP contribution in [-0.2, 0) is 5.41 Å². The number of halogens is 1. The van der Waals surface area contributed by atoms with Gasteiger partial charge in [-0.05, 0) is 23.6 Å². The van der Waals surface area contributed by atoms with E-state index >= 15 is 0 Å². The third kappa shape index (κ3) is 1.96. The van der Waals surface area contributed by atoms with Gasteiger partial charge in [0.05, 0.1) is 7.11 Å². The summed E-state index contributed by atoms with van der Waals surface area (Å²) >= 11 is 3.55. The third-order valence-corrected chi connectivity index (χ3v) is 4.29. The van der Waals surface area contributed by atoms with Gasteiger partial charge >= 0.3 is 0 Å². The summed E-state index contributed by atoms with van der Waals surface area (Å²) in [6, 6.07) is 8.30. The predicted molar refractivity (Wildman–Crippen MR) is 71.7 cm³/mol.